The number of nitrogens with one attached hydrogen (secondary N) is 2. The number of nitrogens with zero attached hydrogens (tertiary/aromatic N) is 5. The second kappa shape index (κ2) is 12.5. The van der Waals surface area contributed by atoms with Gasteiger partial charge in [-0.25, -0.2) is 14.8 Å². The summed E-state index contributed by atoms with van der Waals surface area (Å²) in [7, 11) is 0. The third kappa shape index (κ3) is 6.69. The Morgan fingerprint density at radius 1 is 1.09 bits per heavy atom. The van der Waals surface area contributed by atoms with Crippen LogP contribution < -0.4 is 19.8 Å². The number of anilines is 3. The van der Waals surface area contributed by atoms with Gasteiger partial charge in [0, 0.05) is 50.2 Å². The highest BCUT2D eigenvalue weighted by molar-refractivity contribution is 7.97. The molecule has 3 fully saturated rings. The van der Waals surface area contributed by atoms with E-state index in [9.17, 15) is 22.8 Å². The fourth-order valence-electron chi connectivity index (χ4n) is 6.85. The number of hydrogen-bond acceptors (Lipinski definition) is 7. The molecule has 0 radical (unpaired) electrons. The molecule has 0 spiro atoms. The van der Waals surface area contributed by atoms with Crippen molar-refractivity contribution >= 4 is 41.3 Å². The maximum Gasteiger partial charge on any atom is 0.394 e. The van der Waals surface area contributed by atoms with Crippen molar-refractivity contribution in [2.24, 2.45) is 17.3 Å². The summed E-state index contributed by atoms with van der Waals surface area (Å²) < 4.78 is 43.0. The van der Waals surface area contributed by atoms with Crippen LogP contribution in [0.3, 0.4) is 0 Å². The quantitative estimate of drug-likeness (QED) is 0.339. The highest BCUT2D eigenvalue weighted by atomic mass is 32.2. The van der Waals surface area contributed by atoms with Crippen LogP contribution in [0.1, 0.15) is 77.1 Å². The van der Waals surface area contributed by atoms with E-state index in [1.165, 1.54) is 0 Å². The van der Waals surface area contributed by atoms with Crippen LogP contribution in [0.25, 0.3) is 0 Å². The van der Waals surface area contributed by atoms with Gasteiger partial charge in [-0.05, 0) is 88.5 Å². The lowest BCUT2D eigenvalue weighted by molar-refractivity contribution is -0.189. The van der Waals surface area contributed by atoms with Gasteiger partial charge in [0.15, 0.2) is 0 Å². The van der Waals surface area contributed by atoms with Crippen molar-refractivity contribution in [2.75, 3.05) is 47.8 Å². The number of rotatable bonds is 5. The Morgan fingerprint density at radius 3 is 2.60 bits per heavy atom. The van der Waals surface area contributed by atoms with Crippen molar-refractivity contribution in [1.82, 2.24) is 19.6 Å². The third-order valence-electron chi connectivity index (χ3n) is 9.86. The van der Waals surface area contributed by atoms with Gasteiger partial charge in [0.05, 0.1) is 11.0 Å². The zero-order valence-corrected chi connectivity index (χ0v) is 26.2. The zero-order valence-electron chi connectivity index (χ0n) is 25.4. The van der Waals surface area contributed by atoms with Crippen LogP contribution >= 0.6 is 11.9 Å². The zero-order chi connectivity index (χ0) is 31.3. The molecule has 4 aliphatic rings. The Kier molecular flexibility index (Phi) is 9.23. The summed E-state index contributed by atoms with van der Waals surface area (Å²) in [6.07, 6.45) is -1.59. The molecule has 3 amide bonds. The Bertz CT molecular complexity index is 1420. The lowest BCUT2D eigenvalue weighted by atomic mass is 9.86. The van der Waals surface area contributed by atoms with Crippen LogP contribution in [0.15, 0.2) is 35.4 Å². The Labute approximate surface area is 267 Å². The largest absolute Gasteiger partial charge is 0.394 e. The number of carbonyl (C=O) groups is 2. The molecule has 2 aromatic rings. The first-order chi connectivity index (χ1) is 20.9. The second-order valence-electron chi connectivity index (χ2n) is 13.3. The molecule has 3 aliphatic heterocycles. The fourth-order valence-corrected chi connectivity index (χ4v) is 7.45. The van der Waals surface area contributed by atoms with Crippen molar-refractivity contribution < 1.29 is 22.8 Å². The van der Waals surface area contributed by atoms with Crippen molar-refractivity contribution in [3.8, 4) is 0 Å². The smallest absolute Gasteiger partial charge is 0.370 e. The molecule has 2 saturated heterocycles. The lowest BCUT2D eigenvalue weighted by Gasteiger charge is -2.34. The third-order valence-corrected chi connectivity index (χ3v) is 10.6. The first kappa shape index (κ1) is 33.2. The first-order valence-corrected chi connectivity index (χ1v) is 16.3. The number of alkyl halides is 3. The molecule has 45 heavy (non-hydrogen) atoms. The maximum absolute atomic E-state index is 13.6. The molecular weight excluding hydrogens is 603 g/mol. The van der Waals surface area contributed by atoms with Crippen LogP contribution in [0.2, 0.25) is 0 Å². The molecule has 1 aliphatic carbocycles. The molecule has 13 heteroatoms. The molecule has 2 unspecified atom stereocenters. The van der Waals surface area contributed by atoms with E-state index in [4.69, 9.17) is 4.98 Å². The summed E-state index contributed by atoms with van der Waals surface area (Å²) in [5.74, 6) is 2.22. The van der Waals surface area contributed by atoms with Crippen LogP contribution in [-0.2, 0) is 0 Å². The minimum absolute atomic E-state index is 0. The molecule has 0 aromatic carbocycles. The average Bonchev–Trinajstić information content (AvgIpc) is 3.60. The second-order valence-corrected chi connectivity index (χ2v) is 14.1. The van der Waals surface area contributed by atoms with Crippen LogP contribution in [0.5, 0.6) is 0 Å². The van der Waals surface area contributed by atoms with Crippen molar-refractivity contribution in [2.45, 2.75) is 83.5 Å². The van der Waals surface area contributed by atoms with E-state index >= 15 is 0 Å². The number of aromatic nitrogens is 2. The topological polar surface area (TPSA) is 93.7 Å². The van der Waals surface area contributed by atoms with Gasteiger partial charge in [0.1, 0.15) is 22.5 Å². The van der Waals surface area contributed by atoms with Gasteiger partial charge in [-0.2, -0.15) is 13.2 Å². The number of carbonyl (C=O) groups excluding carboxylic acids is 2. The van der Waals surface area contributed by atoms with E-state index in [1.807, 2.05) is 18.2 Å². The van der Waals surface area contributed by atoms with Crippen molar-refractivity contribution in [3.63, 3.8) is 0 Å². The van der Waals surface area contributed by atoms with E-state index in [2.05, 4.69) is 40.7 Å². The van der Waals surface area contributed by atoms with Gasteiger partial charge in [-0.15, -0.1) is 0 Å². The predicted molar refractivity (Wildman–Crippen MR) is 172 cm³/mol. The number of amides is 3. The van der Waals surface area contributed by atoms with Gasteiger partial charge in [-0.1, -0.05) is 20.4 Å². The molecule has 2 N–H and O–H groups in total. The molecule has 246 valence electrons. The van der Waals surface area contributed by atoms with Crippen molar-refractivity contribution in [1.29, 1.82) is 0 Å². The van der Waals surface area contributed by atoms with Gasteiger partial charge >= 0.3 is 12.2 Å². The SMILES string of the molecule is C.CC1CCNc2cccc(n2)SNC(=O)c2ccc(N3CCN(CCCC4(C(F)(F)F)CC4)C3=O)nc2N2CC1CC2(C)C. The normalized spacial score (nSPS) is 24.2. The Hall–Kier alpha value is -3.22. The van der Waals surface area contributed by atoms with E-state index in [1.54, 1.807) is 21.9 Å². The van der Waals surface area contributed by atoms with Gasteiger partial charge < -0.3 is 15.1 Å². The molecule has 1 saturated carbocycles. The highest BCUT2D eigenvalue weighted by Crippen LogP contribution is 2.60. The molecule has 9 nitrogen and oxygen atoms in total. The van der Waals surface area contributed by atoms with Crippen LogP contribution in [0.4, 0.5) is 35.4 Å². The summed E-state index contributed by atoms with van der Waals surface area (Å²) in [6.45, 7) is 9.19. The molecule has 4 bridgehead atoms. The van der Waals surface area contributed by atoms with E-state index in [0.717, 1.165) is 43.7 Å². The first-order valence-electron chi connectivity index (χ1n) is 15.5. The molecule has 2 aromatic heterocycles. The predicted octanol–water partition coefficient (Wildman–Crippen LogP) is 6.97. The van der Waals surface area contributed by atoms with E-state index in [0.29, 0.717) is 53.6 Å². The lowest BCUT2D eigenvalue weighted by Crippen LogP contribution is -2.40. The Morgan fingerprint density at radius 2 is 1.87 bits per heavy atom. The van der Waals surface area contributed by atoms with Crippen LogP contribution in [-0.4, -0.2) is 71.2 Å². The number of hydrogen-bond donors (Lipinski definition) is 2. The number of halogens is 3. The highest BCUT2D eigenvalue weighted by Gasteiger charge is 2.62. The van der Waals surface area contributed by atoms with Gasteiger partial charge in [0.2, 0.25) is 0 Å². The monoisotopic (exact) mass is 647 g/mol. The Balaban J connectivity index is 0.00000400. The summed E-state index contributed by atoms with van der Waals surface area (Å²) in [5, 5.41) is 4.07. The molecule has 5 heterocycles. The minimum atomic E-state index is -4.19. The summed E-state index contributed by atoms with van der Waals surface area (Å²) in [5.41, 5.74) is -1.43. The van der Waals surface area contributed by atoms with Gasteiger partial charge in [0.25, 0.3) is 5.91 Å². The van der Waals surface area contributed by atoms with E-state index < -0.39 is 11.6 Å². The number of fused-ring (bicyclic) bond motifs is 6. The van der Waals surface area contributed by atoms with Gasteiger partial charge in [-0.3, -0.25) is 14.4 Å². The number of pyridine rings is 2. The summed E-state index contributed by atoms with van der Waals surface area (Å²) in [6, 6.07) is 8.80. The average molecular weight is 648 g/mol. The number of urea groups is 1. The van der Waals surface area contributed by atoms with Crippen molar-refractivity contribution in [3.05, 3.63) is 35.9 Å². The fraction of sp³-hybridized carbons (Fsp3) is 0.625. The molecule has 6 rings (SSSR count). The summed E-state index contributed by atoms with van der Waals surface area (Å²) >= 11 is 1.14. The molecule has 2 atom stereocenters. The maximum atomic E-state index is 13.6. The minimum Gasteiger partial charge on any atom is -0.370 e. The standard InChI is InChI=1S/C31H40F3N7O2S.CH4/c1-20-10-14-35-23-6-4-7-25(36-23)44-38-27(42)22-8-9-24(37-26(22)41-19-21(20)18-29(41,2)3)40-17-16-39(28(40)43)15-5-11-30(12-13-30)31(32,33)34;/h4,6-9,20-21H,5,10-19H2,1-3H3,(H,35,36)(H,38,42);1H4. The van der Waals surface area contributed by atoms with Crippen LogP contribution in [0, 0.1) is 17.3 Å². The summed E-state index contributed by atoms with van der Waals surface area (Å²) in [4.78, 5) is 42.0. The van der Waals surface area contributed by atoms with E-state index in [-0.39, 0.29) is 50.7 Å². The molecular formula is C32H44F3N7O2S.